The topological polar surface area (TPSA) is 17.1 Å². The van der Waals surface area contributed by atoms with Crippen molar-refractivity contribution in [3.05, 3.63) is 34.9 Å². The predicted molar refractivity (Wildman–Crippen MR) is 48.4 cm³/mol. The molecule has 2 atom stereocenters. The van der Waals surface area contributed by atoms with Gasteiger partial charge in [-0.3, -0.25) is 0 Å². The molecule has 1 nitrogen and oxygen atoms in total. The monoisotopic (exact) mass is 180 g/mol. The van der Waals surface area contributed by atoms with Gasteiger partial charge in [0.05, 0.1) is 0 Å². The van der Waals surface area contributed by atoms with Gasteiger partial charge in [0.25, 0.3) is 0 Å². The van der Waals surface area contributed by atoms with E-state index in [-0.39, 0.29) is 5.92 Å². The highest BCUT2D eigenvalue weighted by molar-refractivity contribution is 6.30. The summed E-state index contributed by atoms with van der Waals surface area (Å²) >= 11 is 5.74. The predicted octanol–water partition coefficient (Wildman–Crippen LogP) is 2.64. The van der Waals surface area contributed by atoms with Crippen molar-refractivity contribution in [2.24, 2.45) is 5.92 Å². The number of carbonyl (C=O) groups excluding carboxylic acids is 1. The highest BCUT2D eigenvalue weighted by Gasteiger charge is 2.37. The van der Waals surface area contributed by atoms with Crippen molar-refractivity contribution >= 4 is 17.9 Å². The molecule has 0 bridgehead atoms. The second-order valence-electron chi connectivity index (χ2n) is 3.19. The van der Waals surface area contributed by atoms with Gasteiger partial charge in [0.15, 0.2) is 0 Å². The zero-order valence-electron chi connectivity index (χ0n) is 6.53. The SMILES string of the molecule is O=C[C@H]1C[C@H]1c1ccc(Cl)cc1. The fourth-order valence-electron chi connectivity index (χ4n) is 1.46. The van der Waals surface area contributed by atoms with Gasteiger partial charge >= 0.3 is 0 Å². The highest BCUT2D eigenvalue weighted by Crippen LogP contribution is 2.45. The third-order valence-electron chi connectivity index (χ3n) is 2.31. The first-order valence-corrected chi connectivity index (χ1v) is 4.40. The molecule has 0 radical (unpaired) electrons. The minimum absolute atomic E-state index is 0.256. The largest absolute Gasteiger partial charge is 0.303 e. The quantitative estimate of drug-likeness (QED) is 0.640. The molecule has 1 aromatic carbocycles. The molecular weight excluding hydrogens is 172 g/mol. The molecule has 0 unspecified atom stereocenters. The average molecular weight is 181 g/mol. The molecule has 1 aromatic rings. The lowest BCUT2D eigenvalue weighted by atomic mass is 10.1. The lowest BCUT2D eigenvalue weighted by Gasteiger charge is -1.96. The van der Waals surface area contributed by atoms with Gasteiger partial charge in [0.2, 0.25) is 0 Å². The Morgan fingerprint density at radius 3 is 2.50 bits per heavy atom. The number of carbonyl (C=O) groups is 1. The van der Waals surface area contributed by atoms with Gasteiger partial charge in [-0.2, -0.15) is 0 Å². The van der Waals surface area contributed by atoms with Gasteiger partial charge in [-0.1, -0.05) is 23.7 Å². The fraction of sp³-hybridized carbons (Fsp3) is 0.300. The average Bonchev–Trinajstić information content (AvgIpc) is 2.85. The second kappa shape index (κ2) is 2.91. The number of benzene rings is 1. The van der Waals surface area contributed by atoms with Crippen molar-refractivity contribution in [1.82, 2.24) is 0 Å². The lowest BCUT2D eigenvalue weighted by Crippen LogP contribution is -1.83. The minimum Gasteiger partial charge on any atom is -0.303 e. The normalized spacial score (nSPS) is 26.8. The van der Waals surface area contributed by atoms with Crippen molar-refractivity contribution in [2.45, 2.75) is 12.3 Å². The zero-order valence-corrected chi connectivity index (χ0v) is 7.29. The van der Waals surface area contributed by atoms with Gasteiger partial charge in [-0.25, -0.2) is 0 Å². The third-order valence-corrected chi connectivity index (χ3v) is 2.56. The summed E-state index contributed by atoms with van der Waals surface area (Å²) in [7, 11) is 0. The molecule has 0 aromatic heterocycles. The van der Waals surface area contributed by atoms with E-state index < -0.39 is 0 Å². The Bertz CT molecular complexity index is 291. The Hall–Kier alpha value is -0.820. The van der Waals surface area contributed by atoms with E-state index >= 15 is 0 Å². The molecule has 0 saturated heterocycles. The summed E-state index contributed by atoms with van der Waals surface area (Å²) in [4.78, 5) is 10.4. The molecule has 1 aliphatic rings. The van der Waals surface area contributed by atoms with Crippen LogP contribution in [0.4, 0.5) is 0 Å². The summed E-state index contributed by atoms with van der Waals surface area (Å²) in [6, 6.07) is 7.74. The van der Waals surface area contributed by atoms with Gasteiger partial charge in [0.1, 0.15) is 6.29 Å². The molecule has 0 amide bonds. The van der Waals surface area contributed by atoms with Crippen LogP contribution in [0.1, 0.15) is 17.9 Å². The maximum atomic E-state index is 10.4. The van der Waals surface area contributed by atoms with Gasteiger partial charge < -0.3 is 4.79 Å². The van der Waals surface area contributed by atoms with Crippen molar-refractivity contribution in [3.63, 3.8) is 0 Å². The van der Waals surface area contributed by atoms with Crippen LogP contribution in [0.25, 0.3) is 0 Å². The number of hydrogen-bond donors (Lipinski definition) is 0. The molecule has 2 heteroatoms. The van der Waals surface area contributed by atoms with E-state index in [0.717, 1.165) is 17.7 Å². The molecule has 0 spiro atoms. The molecule has 1 aliphatic carbocycles. The van der Waals surface area contributed by atoms with Crippen LogP contribution >= 0.6 is 11.6 Å². The summed E-state index contributed by atoms with van der Waals surface area (Å²) in [5.41, 5.74) is 1.23. The van der Waals surface area contributed by atoms with Crippen molar-refractivity contribution < 1.29 is 4.79 Å². The third kappa shape index (κ3) is 1.37. The Balaban J connectivity index is 2.15. The Morgan fingerprint density at radius 2 is 2.00 bits per heavy atom. The molecule has 0 N–H and O–H groups in total. The maximum Gasteiger partial charge on any atom is 0.123 e. The van der Waals surface area contributed by atoms with Gasteiger partial charge in [-0.15, -0.1) is 0 Å². The van der Waals surface area contributed by atoms with Gasteiger partial charge in [0, 0.05) is 10.9 Å². The van der Waals surface area contributed by atoms with E-state index in [4.69, 9.17) is 11.6 Å². The summed E-state index contributed by atoms with van der Waals surface area (Å²) in [5, 5.41) is 0.752. The molecule has 1 saturated carbocycles. The molecule has 2 rings (SSSR count). The van der Waals surface area contributed by atoms with Crippen LogP contribution in [0.2, 0.25) is 5.02 Å². The standard InChI is InChI=1S/C10H9ClO/c11-9-3-1-7(2-4-9)10-5-8(10)6-12/h1-4,6,8,10H,5H2/t8-,10+/m1/s1. The first-order valence-electron chi connectivity index (χ1n) is 4.02. The number of rotatable bonds is 2. The summed E-state index contributed by atoms with van der Waals surface area (Å²) in [5.74, 6) is 0.714. The number of hydrogen-bond acceptors (Lipinski definition) is 1. The molecule has 0 heterocycles. The van der Waals surface area contributed by atoms with E-state index in [2.05, 4.69) is 0 Å². The van der Waals surface area contributed by atoms with E-state index in [1.54, 1.807) is 0 Å². The summed E-state index contributed by atoms with van der Waals surface area (Å²) in [6.07, 6.45) is 2.05. The fourth-order valence-corrected chi connectivity index (χ4v) is 1.58. The lowest BCUT2D eigenvalue weighted by molar-refractivity contribution is -0.108. The summed E-state index contributed by atoms with van der Waals surface area (Å²) in [6.45, 7) is 0. The molecular formula is C10H9ClO. The molecule has 1 fully saturated rings. The van der Waals surface area contributed by atoms with E-state index in [1.165, 1.54) is 5.56 Å². The van der Waals surface area contributed by atoms with Crippen LogP contribution in [0.15, 0.2) is 24.3 Å². The van der Waals surface area contributed by atoms with E-state index in [9.17, 15) is 4.79 Å². The first kappa shape index (κ1) is 7.81. The molecule has 62 valence electrons. The Labute approximate surface area is 76.4 Å². The van der Waals surface area contributed by atoms with Crippen LogP contribution in [-0.2, 0) is 4.79 Å². The van der Waals surface area contributed by atoms with Crippen LogP contribution in [0.3, 0.4) is 0 Å². The van der Waals surface area contributed by atoms with E-state index in [1.807, 2.05) is 24.3 Å². The Kier molecular flexibility index (Phi) is 1.89. The van der Waals surface area contributed by atoms with Crippen molar-refractivity contribution in [1.29, 1.82) is 0 Å². The maximum absolute atomic E-state index is 10.4. The van der Waals surface area contributed by atoms with Gasteiger partial charge in [-0.05, 0) is 30.0 Å². The number of aldehydes is 1. The van der Waals surface area contributed by atoms with Crippen molar-refractivity contribution in [2.75, 3.05) is 0 Å². The minimum atomic E-state index is 0.256. The number of halogens is 1. The van der Waals surface area contributed by atoms with Crippen LogP contribution in [-0.4, -0.2) is 6.29 Å². The molecule has 0 aliphatic heterocycles. The van der Waals surface area contributed by atoms with Crippen molar-refractivity contribution in [3.8, 4) is 0 Å². The Morgan fingerprint density at radius 1 is 1.33 bits per heavy atom. The van der Waals surface area contributed by atoms with E-state index in [0.29, 0.717) is 5.92 Å². The molecule has 12 heavy (non-hydrogen) atoms. The highest BCUT2D eigenvalue weighted by atomic mass is 35.5. The van der Waals surface area contributed by atoms with Crippen LogP contribution < -0.4 is 0 Å². The first-order chi connectivity index (χ1) is 5.81. The van der Waals surface area contributed by atoms with Crippen LogP contribution in [0.5, 0.6) is 0 Å². The second-order valence-corrected chi connectivity index (χ2v) is 3.63. The smallest absolute Gasteiger partial charge is 0.123 e. The van der Waals surface area contributed by atoms with Crippen LogP contribution in [0, 0.1) is 5.92 Å². The summed E-state index contributed by atoms with van der Waals surface area (Å²) < 4.78 is 0. The zero-order chi connectivity index (χ0) is 8.55.